The van der Waals surface area contributed by atoms with Gasteiger partial charge in [0.15, 0.2) is 0 Å². The number of rotatable bonds is 15. The van der Waals surface area contributed by atoms with Crippen molar-refractivity contribution in [1.82, 2.24) is 15.8 Å². The molecule has 3 rings (SSSR count). The maximum Gasteiger partial charge on any atom is 0.247 e. The second kappa shape index (κ2) is 16.0. The summed E-state index contributed by atoms with van der Waals surface area (Å²) in [7, 11) is 0. The molecule has 0 aliphatic heterocycles. The lowest BCUT2D eigenvalue weighted by Gasteiger charge is -2.18. The predicted molar refractivity (Wildman–Crippen MR) is 156 cm³/mol. The molecule has 40 heavy (non-hydrogen) atoms. The molecule has 1 aromatic heterocycles. The van der Waals surface area contributed by atoms with Crippen LogP contribution in [0.1, 0.15) is 57.9 Å². The highest BCUT2D eigenvalue weighted by Crippen LogP contribution is 2.21. The van der Waals surface area contributed by atoms with Crippen molar-refractivity contribution >= 4 is 40.4 Å². The molecule has 0 unspecified atom stereocenters. The number of amides is 3. The van der Waals surface area contributed by atoms with E-state index < -0.39 is 17.9 Å². The monoisotopic (exact) mass is 546 g/mol. The van der Waals surface area contributed by atoms with Gasteiger partial charge in [-0.05, 0) is 61.1 Å². The molecule has 0 aliphatic rings. The number of carbonyl (C=O) groups is 3. The van der Waals surface area contributed by atoms with E-state index in [1.165, 1.54) is 6.08 Å². The van der Waals surface area contributed by atoms with E-state index in [9.17, 15) is 14.4 Å². The van der Waals surface area contributed by atoms with E-state index in [2.05, 4.69) is 29.5 Å². The van der Waals surface area contributed by atoms with Crippen LogP contribution in [0.3, 0.4) is 0 Å². The van der Waals surface area contributed by atoms with E-state index >= 15 is 0 Å². The van der Waals surface area contributed by atoms with Crippen LogP contribution in [0, 0.1) is 5.92 Å². The molecule has 4 N–H and O–H groups in total. The standard InChI is InChI=1S/C31H38N4O5/c1-22(2)18-20-40-25-12-6-9-23(21-25)16-17-28(36)33-27(13-4-3-5-15-29(37)35-39)31(38)34-26-14-7-10-24-11-8-19-32-30(24)26/h6-12,14,16-17,19,21-22,27,39H,3-5,13,15,18,20H2,1-2H3,(H,33,36)(H,34,38)(H,35,37)/b17-16+/t27-/m0/s1. The maximum absolute atomic E-state index is 13.3. The van der Waals surface area contributed by atoms with Crippen molar-refractivity contribution in [2.24, 2.45) is 5.92 Å². The number of hydrogen-bond acceptors (Lipinski definition) is 6. The van der Waals surface area contributed by atoms with Crippen molar-refractivity contribution in [2.45, 2.75) is 58.4 Å². The lowest BCUT2D eigenvalue weighted by Crippen LogP contribution is -2.43. The van der Waals surface area contributed by atoms with Crippen LogP contribution in [0.4, 0.5) is 5.69 Å². The van der Waals surface area contributed by atoms with E-state index in [1.807, 2.05) is 48.5 Å². The Morgan fingerprint density at radius 3 is 2.60 bits per heavy atom. The number of benzene rings is 2. The maximum atomic E-state index is 13.3. The van der Waals surface area contributed by atoms with Crippen LogP contribution >= 0.6 is 0 Å². The highest BCUT2D eigenvalue weighted by atomic mass is 16.5. The molecule has 0 bridgehead atoms. The fourth-order valence-electron chi connectivity index (χ4n) is 4.07. The van der Waals surface area contributed by atoms with Crippen molar-refractivity contribution in [3.05, 3.63) is 72.4 Å². The Morgan fingerprint density at radius 1 is 1.00 bits per heavy atom. The van der Waals surface area contributed by atoms with Gasteiger partial charge in [0.2, 0.25) is 17.7 Å². The quantitative estimate of drug-likeness (QED) is 0.0891. The first-order valence-corrected chi connectivity index (χ1v) is 13.6. The van der Waals surface area contributed by atoms with Crippen molar-refractivity contribution in [1.29, 1.82) is 0 Å². The number of pyridine rings is 1. The van der Waals surface area contributed by atoms with Gasteiger partial charge < -0.3 is 15.4 Å². The molecule has 0 saturated carbocycles. The number of hydroxylamine groups is 1. The van der Waals surface area contributed by atoms with Crippen LogP contribution < -0.4 is 20.9 Å². The summed E-state index contributed by atoms with van der Waals surface area (Å²) in [6, 6.07) is 16.0. The largest absolute Gasteiger partial charge is 0.494 e. The Bertz CT molecular complexity index is 1300. The van der Waals surface area contributed by atoms with Crippen molar-refractivity contribution in [2.75, 3.05) is 11.9 Å². The third-order valence-electron chi connectivity index (χ3n) is 6.29. The number of fused-ring (bicyclic) bond motifs is 1. The summed E-state index contributed by atoms with van der Waals surface area (Å²) in [4.78, 5) is 41.8. The van der Waals surface area contributed by atoms with Crippen molar-refractivity contribution in [3.63, 3.8) is 0 Å². The fraction of sp³-hybridized carbons (Fsp3) is 0.355. The second-order valence-electron chi connectivity index (χ2n) is 10.0. The smallest absolute Gasteiger partial charge is 0.247 e. The molecule has 0 spiro atoms. The first-order chi connectivity index (χ1) is 19.4. The molecule has 2 aromatic carbocycles. The molecule has 9 heteroatoms. The number of carbonyl (C=O) groups excluding carboxylic acids is 3. The van der Waals surface area contributed by atoms with Gasteiger partial charge in [0.05, 0.1) is 17.8 Å². The summed E-state index contributed by atoms with van der Waals surface area (Å²) in [5.41, 5.74) is 3.65. The minimum Gasteiger partial charge on any atom is -0.494 e. The topological polar surface area (TPSA) is 130 Å². The van der Waals surface area contributed by atoms with Gasteiger partial charge in [-0.25, -0.2) is 5.48 Å². The summed E-state index contributed by atoms with van der Waals surface area (Å²) < 4.78 is 5.80. The molecule has 212 valence electrons. The molecule has 1 atom stereocenters. The van der Waals surface area contributed by atoms with E-state index in [4.69, 9.17) is 9.94 Å². The van der Waals surface area contributed by atoms with Gasteiger partial charge in [0.25, 0.3) is 0 Å². The number of aromatic nitrogens is 1. The normalized spacial score (nSPS) is 11.9. The highest BCUT2D eigenvalue weighted by Gasteiger charge is 2.21. The van der Waals surface area contributed by atoms with Crippen molar-refractivity contribution < 1.29 is 24.3 Å². The Hall–Kier alpha value is -4.24. The number of unbranched alkanes of at least 4 members (excludes halogenated alkanes) is 2. The molecule has 0 saturated heterocycles. The number of nitrogens with zero attached hydrogens (tertiary/aromatic N) is 1. The predicted octanol–water partition coefficient (Wildman–Crippen LogP) is 5.25. The number of anilines is 1. The minimum atomic E-state index is -0.798. The van der Waals surface area contributed by atoms with Gasteiger partial charge in [0, 0.05) is 24.1 Å². The van der Waals surface area contributed by atoms with E-state index in [-0.39, 0.29) is 12.3 Å². The molecular formula is C31H38N4O5. The first-order valence-electron chi connectivity index (χ1n) is 13.6. The van der Waals surface area contributed by atoms with Gasteiger partial charge in [-0.15, -0.1) is 0 Å². The summed E-state index contributed by atoms with van der Waals surface area (Å²) in [6.45, 7) is 4.91. The molecule has 3 aromatic rings. The lowest BCUT2D eigenvalue weighted by molar-refractivity contribution is -0.129. The summed E-state index contributed by atoms with van der Waals surface area (Å²) >= 11 is 0. The summed E-state index contributed by atoms with van der Waals surface area (Å²) in [5, 5.41) is 15.3. The summed E-state index contributed by atoms with van der Waals surface area (Å²) in [6.07, 6.45) is 8.07. The van der Waals surface area contributed by atoms with Crippen LogP contribution in [0.5, 0.6) is 5.75 Å². The van der Waals surface area contributed by atoms with Crippen LogP contribution in [-0.4, -0.2) is 40.6 Å². The number of para-hydroxylation sites is 1. The average Bonchev–Trinajstić information content (AvgIpc) is 2.95. The fourth-order valence-corrected chi connectivity index (χ4v) is 4.07. The van der Waals surface area contributed by atoms with E-state index in [0.29, 0.717) is 49.4 Å². The summed E-state index contributed by atoms with van der Waals surface area (Å²) in [5.74, 6) is 0.0778. The molecule has 0 radical (unpaired) electrons. The number of ether oxygens (including phenoxy) is 1. The molecule has 3 amide bonds. The van der Waals surface area contributed by atoms with Crippen LogP contribution in [-0.2, 0) is 14.4 Å². The lowest BCUT2D eigenvalue weighted by atomic mass is 10.1. The molecule has 0 aliphatic carbocycles. The zero-order valence-electron chi connectivity index (χ0n) is 23.1. The van der Waals surface area contributed by atoms with Gasteiger partial charge in [0.1, 0.15) is 11.8 Å². The molecular weight excluding hydrogens is 508 g/mol. The first kappa shape index (κ1) is 30.3. The van der Waals surface area contributed by atoms with E-state index in [0.717, 1.165) is 23.1 Å². The Labute approximate surface area is 235 Å². The third kappa shape index (κ3) is 10.1. The minimum absolute atomic E-state index is 0.185. The third-order valence-corrected chi connectivity index (χ3v) is 6.29. The Balaban J connectivity index is 1.65. The van der Waals surface area contributed by atoms with Crippen LogP contribution in [0.25, 0.3) is 17.0 Å². The number of hydrogen-bond donors (Lipinski definition) is 4. The highest BCUT2D eigenvalue weighted by molar-refractivity contribution is 6.04. The van der Waals surface area contributed by atoms with Crippen LogP contribution in [0.2, 0.25) is 0 Å². The SMILES string of the molecule is CC(C)CCOc1cccc(/C=C/C(=O)N[C@@H](CCCCCC(=O)NO)C(=O)Nc2cccc3cccnc23)c1. The van der Waals surface area contributed by atoms with Gasteiger partial charge in [-0.1, -0.05) is 57.0 Å². The second-order valence-corrected chi connectivity index (χ2v) is 10.0. The average molecular weight is 547 g/mol. The number of nitrogens with one attached hydrogen (secondary N) is 3. The Morgan fingerprint density at radius 2 is 1.80 bits per heavy atom. The zero-order chi connectivity index (χ0) is 28.7. The molecule has 0 fully saturated rings. The van der Waals surface area contributed by atoms with Gasteiger partial charge in [-0.3, -0.25) is 24.6 Å². The molecule has 9 nitrogen and oxygen atoms in total. The van der Waals surface area contributed by atoms with Gasteiger partial charge in [-0.2, -0.15) is 0 Å². The zero-order valence-corrected chi connectivity index (χ0v) is 23.1. The Kier molecular flexibility index (Phi) is 12.1. The molecule has 1 heterocycles. The van der Waals surface area contributed by atoms with Crippen molar-refractivity contribution in [3.8, 4) is 5.75 Å². The van der Waals surface area contributed by atoms with Gasteiger partial charge >= 0.3 is 0 Å². The van der Waals surface area contributed by atoms with Crippen LogP contribution in [0.15, 0.2) is 66.9 Å². The van der Waals surface area contributed by atoms with E-state index in [1.54, 1.807) is 23.8 Å².